The first kappa shape index (κ1) is 17.1. The first-order chi connectivity index (χ1) is 11.9. The van der Waals surface area contributed by atoms with Crippen LogP contribution in [0.4, 0.5) is 4.39 Å². The Hall–Kier alpha value is -2.70. The van der Waals surface area contributed by atoms with Gasteiger partial charge in [-0.15, -0.1) is 0 Å². The predicted octanol–water partition coefficient (Wildman–Crippen LogP) is 2.74. The van der Waals surface area contributed by atoms with Crippen molar-refractivity contribution < 1.29 is 23.5 Å². The number of likely N-dealkylation sites (tertiary alicyclic amines) is 1. The quantitative estimate of drug-likeness (QED) is 0.920. The van der Waals surface area contributed by atoms with Crippen LogP contribution in [0.15, 0.2) is 34.9 Å². The maximum Gasteiger partial charge on any atom is 0.311 e. The summed E-state index contributed by atoms with van der Waals surface area (Å²) < 4.78 is 18.3. The van der Waals surface area contributed by atoms with Crippen molar-refractivity contribution in [3.63, 3.8) is 0 Å². The minimum Gasteiger partial charge on any atom is -0.481 e. The average molecular weight is 346 g/mol. The number of hydrogen-bond donors (Lipinski definition) is 1. The second-order valence-electron chi connectivity index (χ2n) is 6.61. The molecule has 1 amide bonds. The number of rotatable bonds is 4. The Morgan fingerprint density at radius 1 is 1.36 bits per heavy atom. The molecule has 0 spiro atoms. The van der Waals surface area contributed by atoms with Crippen LogP contribution in [0.2, 0.25) is 0 Å². The number of piperidine rings is 1. The van der Waals surface area contributed by atoms with Crippen LogP contribution >= 0.6 is 0 Å². The summed E-state index contributed by atoms with van der Waals surface area (Å²) in [6, 6.07) is 5.72. The Morgan fingerprint density at radius 2 is 2.08 bits per heavy atom. The van der Waals surface area contributed by atoms with Crippen LogP contribution in [0.1, 0.15) is 25.5 Å². The van der Waals surface area contributed by atoms with Gasteiger partial charge in [-0.1, -0.05) is 0 Å². The Bertz CT molecular complexity index is 787. The predicted molar refractivity (Wildman–Crippen MR) is 87.2 cm³/mol. The van der Waals surface area contributed by atoms with E-state index < -0.39 is 11.4 Å². The number of carboxylic acids is 1. The van der Waals surface area contributed by atoms with Crippen LogP contribution in [-0.4, -0.2) is 40.0 Å². The minimum absolute atomic E-state index is 0.0421. The van der Waals surface area contributed by atoms with Gasteiger partial charge in [0.25, 0.3) is 0 Å². The van der Waals surface area contributed by atoms with Gasteiger partial charge >= 0.3 is 5.97 Å². The third-order valence-corrected chi connectivity index (χ3v) is 4.54. The summed E-state index contributed by atoms with van der Waals surface area (Å²) in [5.74, 6) is -1.09. The molecule has 1 aromatic heterocycles. The van der Waals surface area contributed by atoms with Gasteiger partial charge in [0, 0.05) is 18.7 Å². The van der Waals surface area contributed by atoms with Crippen molar-refractivity contribution in [1.29, 1.82) is 0 Å². The van der Waals surface area contributed by atoms with Gasteiger partial charge in [-0.3, -0.25) is 9.59 Å². The molecule has 1 atom stereocenters. The Labute approximate surface area is 144 Å². The highest BCUT2D eigenvalue weighted by atomic mass is 19.1. The zero-order valence-electron chi connectivity index (χ0n) is 13.9. The number of carbonyl (C=O) groups is 2. The zero-order chi connectivity index (χ0) is 18.0. The van der Waals surface area contributed by atoms with Crippen LogP contribution < -0.4 is 0 Å². The molecule has 0 saturated carbocycles. The van der Waals surface area contributed by atoms with Crippen molar-refractivity contribution in [2.24, 2.45) is 5.41 Å². The summed E-state index contributed by atoms with van der Waals surface area (Å²) in [7, 11) is 0. The van der Waals surface area contributed by atoms with E-state index >= 15 is 0 Å². The Morgan fingerprint density at radius 3 is 2.76 bits per heavy atom. The molecule has 6 nitrogen and oxygen atoms in total. The lowest BCUT2D eigenvalue weighted by atomic mass is 9.82. The van der Waals surface area contributed by atoms with Crippen molar-refractivity contribution in [3.8, 4) is 11.5 Å². The van der Waals surface area contributed by atoms with E-state index in [1.807, 2.05) is 0 Å². The van der Waals surface area contributed by atoms with Gasteiger partial charge in [-0.2, -0.15) is 0 Å². The van der Waals surface area contributed by atoms with E-state index in [0.29, 0.717) is 36.5 Å². The number of carbonyl (C=O) groups excluding carboxylic acids is 1. The lowest BCUT2D eigenvalue weighted by Crippen LogP contribution is -2.48. The first-order valence-electron chi connectivity index (χ1n) is 8.09. The van der Waals surface area contributed by atoms with Gasteiger partial charge in [0.05, 0.1) is 17.5 Å². The van der Waals surface area contributed by atoms with E-state index in [0.717, 1.165) is 0 Å². The van der Waals surface area contributed by atoms with Gasteiger partial charge in [0.2, 0.25) is 11.8 Å². The normalized spacial score (nSPS) is 20.5. The summed E-state index contributed by atoms with van der Waals surface area (Å²) >= 11 is 0. The van der Waals surface area contributed by atoms with Crippen LogP contribution in [0.5, 0.6) is 0 Å². The summed E-state index contributed by atoms with van der Waals surface area (Å²) in [6.45, 7) is 2.41. The second-order valence-corrected chi connectivity index (χ2v) is 6.61. The molecular weight excluding hydrogens is 327 g/mol. The maximum absolute atomic E-state index is 13.0. The van der Waals surface area contributed by atoms with E-state index in [4.69, 9.17) is 4.42 Å². The highest BCUT2D eigenvalue weighted by Crippen LogP contribution is 2.30. The number of aliphatic carboxylic acids is 1. The average Bonchev–Trinajstić information content (AvgIpc) is 3.04. The van der Waals surface area contributed by atoms with Crippen LogP contribution in [0.25, 0.3) is 11.5 Å². The van der Waals surface area contributed by atoms with Crippen molar-refractivity contribution >= 4 is 11.9 Å². The highest BCUT2D eigenvalue weighted by Gasteiger charge is 2.39. The number of halogens is 1. The molecule has 7 heteroatoms. The van der Waals surface area contributed by atoms with Crippen molar-refractivity contribution in [1.82, 2.24) is 9.88 Å². The van der Waals surface area contributed by atoms with Crippen LogP contribution in [0.3, 0.4) is 0 Å². The van der Waals surface area contributed by atoms with Crippen LogP contribution in [0, 0.1) is 11.2 Å². The number of aromatic nitrogens is 1. The standard InChI is InChI=1S/C18H19FN2O4/c1-18(17(23)24)7-2-8-21(11-18)15(22)9-14-10-25-16(20-14)12-3-5-13(19)6-4-12/h3-6,10H,2,7-9,11H2,1H3,(H,23,24). The SMILES string of the molecule is CC1(C(=O)O)CCCN(C(=O)Cc2coc(-c3ccc(F)cc3)n2)C1. The first-order valence-corrected chi connectivity index (χ1v) is 8.09. The molecule has 1 N–H and O–H groups in total. The maximum atomic E-state index is 13.0. The van der Waals surface area contributed by atoms with E-state index in [-0.39, 0.29) is 24.7 Å². The van der Waals surface area contributed by atoms with Gasteiger partial charge in [-0.05, 0) is 44.0 Å². The molecule has 2 aromatic rings. The molecule has 1 fully saturated rings. The fourth-order valence-electron chi connectivity index (χ4n) is 3.01. The number of benzene rings is 1. The molecular formula is C18H19FN2O4. The number of amides is 1. The summed E-state index contributed by atoms with van der Waals surface area (Å²) in [5.41, 5.74) is 0.181. The van der Waals surface area contributed by atoms with E-state index in [2.05, 4.69) is 4.98 Å². The van der Waals surface area contributed by atoms with E-state index in [1.54, 1.807) is 24.0 Å². The summed E-state index contributed by atoms with van der Waals surface area (Å²) in [5, 5.41) is 9.34. The molecule has 25 heavy (non-hydrogen) atoms. The molecule has 3 rings (SSSR count). The van der Waals surface area contributed by atoms with Gasteiger partial charge in [0.15, 0.2) is 0 Å². The largest absolute Gasteiger partial charge is 0.481 e. The monoisotopic (exact) mass is 346 g/mol. The summed E-state index contributed by atoms with van der Waals surface area (Å²) in [6.07, 6.45) is 2.66. The molecule has 0 radical (unpaired) electrons. The molecule has 0 bridgehead atoms. The van der Waals surface area contributed by atoms with Crippen molar-refractivity contribution in [2.75, 3.05) is 13.1 Å². The molecule has 1 unspecified atom stereocenters. The van der Waals surface area contributed by atoms with E-state index in [9.17, 15) is 19.1 Å². The van der Waals surface area contributed by atoms with E-state index in [1.165, 1.54) is 18.4 Å². The highest BCUT2D eigenvalue weighted by molar-refractivity contribution is 5.81. The third kappa shape index (κ3) is 3.70. The molecule has 132 valence electrons. The molecule has 1 aliphatic heterocycles. The summed E-state index contributed by atoms with van der Waals surface area (Å²) in [4.78, 5) is 29.7. The minimum atomic E-state index is -0.906. The smallest absolute Gasteiger partial charge is 0.311 e. The topological polar surface area (TPSA) is 83.6 Å². The zero-order valence-corrected chi connectivity index (χ0v) is 13.9. The molecule has 1 aliphatic rings. The number of oxazole rings is 1. The number of hydrogen-bond acceptors (Lipinski definition) is 4. The third-order valence-electron chi connectivity index (χ3n) is 4.54. The molecule has 1 aromatic carbocycles. The molecule has 1 saturated heterocycles. The lowest BCUT2D eigenvalue weighted by molar-refractivity contribution is -0.153. The van der Waals surface area contributed by atoms with Crippen molar-refractivity contribution in [2.45, 2.75) is 26.2 Å². The number of carboxylic acid groups (broad SMARTS) is 1. The van der Waals surface area contributed by atoms with Crippen molar-refractivity contribution in [3.05, 3.63) is 42.0 Å². The molecule has 2 heterocycles. The fraction of sp³-hybridized carbons (Fsp3) is 0.389. The molecule has 0 aliphatic carbocycles. The van der Waals surface area contributed by atoms with Gasteiger partial charge in [0.1, 0.15) is 12.1 Å². The van der Waals surface area contributed by atoms with Gasteiger partial charge < -0.3 is 14.4 Å². The Kier molecular flexibility index (Phi) is 4.57. The fourth-order valence-corrected chi connectivity index (χ4v) is 3.01. The number of nitrogens with zero attached hydrogens (tertiary/aromatic N) is 2. The lowest BCUT2D eigenvalue weighted by Gasteiger charge is -2.37. The Balaban J connectivity index is 1.67. The van der Waals surface area contributed by atoms with Crippen LogP contribution in [-0.2, 0) is 16.0 Å². The second kappa shape index (κ2) is 6.66. The van der Waals surface area contributed by atoms with Gasteiger partial charge in [-0.25, -0.2) is 9.37 Å².